The van der Waals surface area contributed by atoms with Crippen molar-refractivity contribution in [1.29, 1.82) is 0 Å². The van der Waals surface area contributed by atoms with Crippen molar-refractivity contribution < 1.29 is 29.6 Å². The number of hydrogen-bond acceptors (Lipinski definition) is 6. The monoisotopic (exact) mass is 462 g/mol. The topological polar surface area (TPSA) is 142 Å². The van der Waals surface area contributed by atoms with Crippen LogP contribution in [0.4, 0.5) is 10.5 Å². The highest BCUT2D eigenvalue weighted by molar-refractivity contribution is 5.95. The van der Waals surface area contributed by atoms with E-state index >= 15 is 0 Å². The molecular weight excluding hydrogens is 436 g/mol. The number of rotatable bonds is 8. The molecule has 8 heteroatoms. The van der Waals surface area contributed by atoms with Crippen molar-refractivity contribution in [1.82, 2.24) is 5.32 Å². The maximum atomic E-state index is 12.3. The van der Waals surface area contributed by atoms with Gasteiger partial charge in [-0.25, -0.2) is 9.59 Å². The number of hydrogen-bond donors (Lipinski definition) is 5. The Morgan fingerprint density at radius 1 is 0.941 bits per heavy atom. The number of amides is 1. The number of carboxylic acids is 1. The highest BCUT2D eigenvalue weighted by Gasteiger charge is 2.29. The fraction of sp³-hybridized carbons (Fsp3) is 0.231. The molecule has 0 saturated carbocycles. The number of carbonyl (C=O) groups excluding carboxylic acids is 1. The first kappa shape index (κ1) is 23.3. The highest BCUT2D eigenvalue weighted by Crippen LogP contribution is 2.44. The van der Waals surface area contributed by atoms with Crippen molar-refractivity contribution in [2.45, 2.75) is 24.5 Å². The van der Waals surface area contributed by atoms with Gasteiger partial charge in [0.25, 0.3) is 0 Å². The summed E-state index contributed by atoms with van der Waals surface area (Å²) in [5.41, 5.74) is 9.92. The minimum atomic E-state index is -1.47. The molecular formula is C26H26N2O6. The molecule has 6 N–H and O–H groups in total. The van der Waals surface area contributed by atoms with Gasteiger partial charge < -0.3 is 31.1 Å². The zero-order valence-electron chi connectivity index (χ0n) is 18.3. The minimum Gasteiger partial charge on any atom is -0.478 e. The Morgan fingerprint density at radius 3 is 2.18 bits per heavy atom. The number of aliphatic hydroxyl groups excluding tert-OH is 2. The second-order valence-corrected chi connectivity index (χ2v) is 8.17. The molecule has 3 aromatic carbocycles. The van der Waals surface area contributed by atoms with E-state index in [4.69, 9.17) is 10.5 Å². The summed E-state index contributed by atoms with van der Waals surface area (Å²) >= 11 is 0. The van der Waals surface area contributed by atoms with E-state index in [1.54, 1.807) is 0 Å². The predicted octanol–water partition coefficient (Wildman–Crippen LogP) is 3.29. The first-order valence-electron chi connectivity index (χ1n) is 10.9. The normalized spacial score (nSPS) is 14.1. The zero-order chi connectivity index (χ0) is 24.2. The van der Waals surface area contributed by atoms with Gasteiger partial charge in [-0.2, -0.15) is 0 Å². The Hall–Kier alpha value is -3.88. The number of aromatic carboxylic acids is 1. The van der Waals surface area contributed by atoms with Gasteiger partial charge in [0.1, 0.15) is 12.7 Å². The molecule has 1 amide bonds. The minimum absolute atomic E-state index is 0.00647. The third-order valence-corrected chi connectivity index (χ3v) is 6.08. The summed E-state index contributed by atoms with van der Waals surface area (Å²) in [6.45, 7) is 0.190. The lowest BCUT2D eigenvalue weighted by Crippen LogP contribution is -2.31. The number of nitrogens with one attached hydrogen (secondary N) is 1. The lowest BCUT2D eigenvalue weighted by atomic mass is 9.96. The largest absolute Gasteiger partial charge is 0.478 e. The van der Waals surface area contributed by atoms with Gasteiger partial charge in [0.2, 0.25) is 0 Å². The van der Waals surface area contributed by atoms with Crippen LogP contribution in [-0.2, 0) is 4.74 Å². The van der Waals surface area contributed by atoms with Crippen LogP contribution in [0.5, 0.6) is 0 Å². The quantitative estimate of drug-likeness (QED) is 0.323. The molecule has 0 aromatic heterocycles. The molecule has 3 aromatic rings. The number of nitrogen functional groups attached to an aromatic ring is 1. The molecule has 1 aliphatic rings. The summed E-state index contributed by atoms with van der Waals surface area (Å²) in [6.07, 6.45) is -3.44. The van der Waals surface area contributed by atoms with Crippen LogP contribution in [0.2, 0.25) is 0 Å². The second-order valence-electron chi connectivity index (χ2n) is 8.17. The zero-order valence-corrected chi connectivity index (χ0v) is 18.3. The number of aliphatic hydroxyl groups is 2. The Labute approximate surface area is 196 Å². The summed E-state index contributed by atoms with van der Waals surface area (Å²) in [6, 6.07) is 20.3. The van der Waals surface area contributed by atoms with Crippen molar-refractivity contribution in [2.24, 2.45) is 0 Å². The van der Waals surface area contributed by atoms with E-state index in [1.807, 2.05) is 36.4 Å². The number of ether oxygens (including phenoxy) is 1. The fourth-order valence-electron chi connectivity index (χ4n) is 4.42. The third-order valence-electron chi connectivity index (χ3n) is 6.08. The van der Waals surface area contributed by atoms with Gasteiger partial charge >= 0.3 is 12.1 Å². The molecule has 0 radical (unpaired) electrons. The molecule has 0 fully saturated rings. The molecule has 0 heterocycles. The van der Waals surface area contributed by atoms with Gasteiger partial charge in [0.15, 0.2) is 0 Å². The highest BCUT2D eigenvalue weighted by atomic mass is 16.5. The smallest absolute Gasteiger partial charge is 0.407 e. The molecule has 0 aliphatic heterocycles. The van der Waals surface area contributed by atoms with E-state index in [0.717, 1.165) is 22.3 Å². The number of fused-ring (bicyclic) bond motifs is 3. The van der Waals surface area contributed by atoms with Crippen LogP contribution < -0.4 is 11.1 Å². The van der Waals surface area contributed by atoms with Gasteiger partial charge in [-0.05, 0) is 40.3 Å². The number of nitrogens with two attached hydrogens (primary N) is 1. The van der Waals surface area contributed by atoms with E-state index in [9.17, 15) is 24.9 Å². The first-order valence-corrected chi connectivity index (χ1v) is 10.9. The average molecular weight is 463 g/mol. The van der Waals surface area contributed by atoms with Crippen LogP contribution >= 0.6 is 0 Å². The number of benzene rings is 3. The van der Waals surface area contributed by atoms with Crippen molar-refractivity contribution in [2.75, 3.05) is 18.9 Å². The van der Waals surface area contributed by atoms with E-state index in [0.29, 0.717) is 0 Å². The second kappa shape index (κ2) is 9.94. The molecule has 2 atom stereocenters. The van der Waals surface area contributed by atoms with E-state index < -0.39 is 24.3 Å². The molecule has 1 aliphatic carbocycles. The molecule has 4 rings (SSSR count). The molecule has 0 bridgehead atoms. The molecule has 176 valence electrons. The predicted molar refractivity (Wildman–Crippen MR) is 126 cm³/mol. The number of carboxylic acid groups (broad SMARTS) is 1. The van der Waals surface area contributed by atoms with E-state index in [2.05, 4.69) is 17.4 Å². The van der Waals surface area contributed by atoms with Gasteiger partial charge in [-0.15, -0.1) is 0 Å². The van der Waals surface area contributed by atoms with Crippen molar-refractivity contribution in [3.63, 3.8) is 0 Å². The SMILES string of the molecule is Nc1cccc(C(O)C(O)CCNC(=O)OCC2c3ccccc3-c3ccccc32)c1C(=O)O. The first-order chi connectivity index (χ1) is 16.4. The molecule has 0 saturated heterocycles. The van der Waals surface area contributed by atoms with Crippen LogP contribution in [0.3, 0.4) is 0 Å². The summed E-state index contributed by atoms with van der Waals surface area (Å²) in [4.78, 5) is 23.7. The summed E-state index contributed by atoms with van der Waals surface area (Å²) in [5, 5.41) is 32.7. The van der Waals surface area contributed by atoms with Crippen molar-refractivity contribution in [3.05, 3.63) is 89.0 Å². The Kier molecular flexibility index (Phi) is 6.81. The van der Waals surface area contributed by atoms with Crippen LogP contribution in [0.1, 0.15) is 45.5 Å². The summed E-state index contributed by atoms with van der Waals surface area (Å²) < 4.78 is 5.44. The number of anilines is 1. The number of carbonyl (C=O) groups is 2. The van der Waals surface area contributed by atoms with Crippen LogP contribution in [-0.4, -0.2) is 46.6 Å². The van der Waals surface area contributed by atoms with Gasteiger partial charge in [0.05, 0.1) is 11.7 Å². The maximum Gasteiger partial charge on any atom is 0.407 e. The molecule has 8 nitrogen and oxygen atoms in total. The third kappa shape index (κ3) is 4.59. The van der Waals surface area contributed by atoms with E-state index in [-0.39, 0.29) is 42.3 Å². The average Bonchev–Trinajstić information content (AvgIpc) is 3.15. The van der Waals surface area contributed by atoms with Crippen molar-refractivity contribution >= 4 is 17.7 Å². The Bertz CT molecular complexity index is 1170. The van der Waals surface area contributed by atoms with Crippen LogP contribution in [0, 0.1) is 0 Å². The Morgan fingerprint density at radius 2 is 1.56 bits per heavy atom. The standard InChI is InChI=1S/C26H26N2O6/c27-21-11-5-10-19(23(21)25(31)32)24(30)22(29)12-13-28-26(33)34-14-20-17-8-3-1-6-15(17)16-7-2-4-9-18(16)20/h1-11,20,22,24,29-30H,12-14,27H2,(H,28,33)(H,31,32). The summed E-state index contributed by atoms with van der Waals surface area (Å²) in [7, 11) is 0. The fourth-order valence-corrected chi connectivity index (χ4v) is 4.42. The van der Waals surface area contributed by atoms with Gasteiger partial charge in [-0.3, -0.25) is 0 Å². The van der Waals surface area contributed by atoms with Crippen LogP contribution in [0.25, 0.3) is 11.1 Å². The van der Waals surface area contributed by atoms with Crippen molar-refractivity contribution in [3.8, 4) is 11.1 Å². The Balaban J connectivity index is 1.31. The molecule has 34 heavy (non-hydrogen) atoms. The lowest BCUT2D eigenvalue weighted by molar-refractivity contribution is 0.0128. The number of alkyl carbamates (subject to hydrolysis) is 1. The van der Waals surface area contributed by atoms with Gasteiger partial charge in [-0.1, -0.05) is 60.7 Å². The summed E-state index contributed by atoms with van der Waals surface area (Å²) in [5.74, 6) is -1.36. The van der Waals surface area contributed by atoms with Gasteiger partial charge in [0, 0.05) is 18.2 Å². The maximum absolute atomic E-state index is 12.3. The van der Waals surface area contributed by atoms with E-state index in [1.165, 1.54) is 18.2 Å². The molecule has 0 spiro atoms. The molecule has 2 unspecified atom stereocenters. The van der Waals surface area contributed by atoms with Crippen LogP contribution in [0.15, 0.2) is 66.7 Å². The lowest BCUT2D eigenvalue weighted by Gasteiger charge is -2.21.